The molecule has 3 aliphatic carbocycles. The molecule has 3 heteroatoms. The van der Waals surface area contributed by atoms with Crippen molar-refractivity contribution in [3.8, 4) is 44.5 Å². The van der Waals surface area contributed by atoms with Crippen LogP contribution in [-0.2, 0) is 10.8 Å². The SMILES string of the molecule is CC1(C)c2cc(N(c3cccc(N(c4ccccc4)c4ccc(-c5ccccc5)cc4)c3)c3cccc4c3oc3ccccc34)ccc2-c2c1ccc1c2-c2ccccc2C12c1ccccc1-c1ccccc12. The predicted octanol–water partition coefficient (Wildman–Crippen LogP) is 18.8. The normalized spacial score (nSPS) is 13.8. The Morgan fingerprint density at radius 2 is 0.808 bits per heavy atom. The Morgan fingerprint density at radius 1 is 0.315 bits per heavy atom. The Balaban J connectivity index is 0.929. The summed E-state index contributed by atoms with van der Waals surface area (Å²) < 4.78 is 6.88. The fourth-order valence-corrected chi connectivity index (χ4v) is 13.1. The van der Waals surface area contributed by atoms with Gasteiger partial charge in [0.1, 0.15) is 5.58 Å². The Labute approximate surface area is 425 Å². The maximum atomic E-state index is 6.88. The van der Waals surface area contributed by atoms with Crippen molar-refractivity contribution in [2.75, 3.05) is 9.80 Å². The van der Waals surface area contributed by atoms with Gasteiger partial charge in [0.25, 0.3) is 0 Å². The van der Waals surface area contributed by atoms with Gasteiger partial charge in [-0.1, -0.05) is 202 Å². The van der Waals surface area contributed by atoms with Crippen LogP contribution >= 0.6 is 0 Å². The van der Waals surface area contributed by atoms with Crippen molar-refractivity contribution < 1.29 is 4.42 Å². The van der Waals surface area contributed by atoms with Gasteiger partial charge in [-0.2, -0.15) is 0 Å². The molecule has 1 heterocycles. The molecule has 0 fully saturated rings. The largest absolute Gasteiger partial charge is 0.454 e. The van der Waals surface area contributed by atoms with Crippen molar-refractivity contribution in [1.82, 2.24) is 0 Å². The number of rotatable bonds is 7. The number of nitrogens with zero attached hydrogens (tertiary/aromatic N) is 2. The molecule has 11 aromatic carbocycles. The number of furan rings is 1. The summed E-state index contributed by atoms with van der Waals surface area (Å²) in [6.07, 6.45) is 0. The second kappa shape index (κ2) is 15.7. The minimum atomic E-state index is -0.411. The molecule has 0 amide bonds. The fourth-order valence-electron chi connectivity index (χ4n) is 13.1. The van der Waals surface area contributed by atoms with Crippen molar-refractivity contribution in [1.29, 1.82) is 0 Å². The highest BCUT2D eigenvalue weighted by atomic mass is 16.3. The van der Waals surface area contributed by atoms with Crippen molar-refractivity contribution >= 4 is 56.1 Å². The lowest BCUT2D eigenvalue weighted by molar-refractivity contribution is 0.659. The van der Waals surface area contributed by atoms with E-state index in [1.807, 2.05) is 0 Å². The molecule has 0 bridgehead atoms. The maximum absolute atomic E-state index is 6.88. The smallest absolute Gasteiger partial charge is 0.159 e. The van der Waals surface area contributed by atoms with Crippen molar-refractivity contribution in [3.05, 3.63) is 288 Å². The van der Waals surface area contributed by atoms with Gasteiger partial charge in [-0.05, 0) is 145 Å². The molecule has 1 spiro atoms. The highest BCUT2D eigenvalue weighted by molar-refractivity contribution is 6.11. The van der Waals surface area contributed by atoms with Crippen molar-refractivity contribution in [2.24, 2.45) is 0 Å². The van der Waals surface area contributed by atoms with E-state index < -0.39 is 5.41 Å². The number of hydrogen-bond donors (Lipinski definition) is 0. The van der Waals surface area contributed by atoms with Gasteiger partial charge >= 0.3 is 0 Å². The van der Waals surface area contributed by atoms with Crippen LogP contribution in [0.3, 0.4) is 0 Å². The second-order valence-corrected chi connectivity index (χ2v) is 20.3. The average Bonchev–Trinajstić information content (AvgIpc) is 4.15. The summed E-state index contributed by atoms with van der Waals surface area (Å²) in [6, 6.07) is 93.6. The van der Waals surface area contributed by atoms with Crippen LogP contribution in [0.2, 0.25) is 0 Å². The number of fused-ring (bicyclic) bond motifs is 17. The van der Waals surface area contributed by atoms with Crippen LogP contribution in [0, 0.1) is 0 Å². The standard InChI is InChI=1S/C70H48N2O/c1-69(2)61-41-42-62-67(56-28-11-15-32-60(56)70(62)58-30-13-9-25-52(58)53-26-10-14-31-59(53)70)66(61)57-40-39-51(44-63(57)69)72(64-33-18-29-55-54-27-12-16-34-65(54)73-68(55)64)50-24-17-23-49(43-50)71(47-21-7-4-8-22-47)48-37-35-46(36-38-48)45-19-5-3-6-20-45/h3-44H,1-2H3. The molecular formula is C70H48N2O. The van der Waals surface area contributed by atoms with Gasteiger partial charge in [-0.15, -0.1) is 0 Å². The van der Waals surface area contributed by atoms with Crippen LogP contribution in [0.25, 0.3) is 66.4 Å². The Kier molecular flexibility index (Phi) is 8.92. The molecule has 1 aromatic heterocycles. The van der Waals surface area contributed by atoms with E-state index in [1.54, 1.807) is 0 Å². The second-order valence-electron chi connectivity index (χ2n) is 20.3. The highest BCUT2D eigenvalue weighted by Crippen LogP contribution is 2.66. The van der Waals surface area contributed by atoms with E-state index in [0.29, 0.717) is 0 Å². The van der Waals surface area contributed by atoms with E-state index in [4.69, 9.17) is 4.42 Å². The topological polar surface area (TPSA) is 19.6 Å². The summed E-state index contributed by atoms with van der Waals surface area (Å²) in [5, 5.41) is 2.19. The van der Waals surface area contributed by atoms with Gasteiger partial charge in [0.15, 0.2) is 5.58 Å². The summed E-state index contributed by atoms with van der Waals surface area (Å²) in [5.74, 6) is 0. The first-order valence-electron chi connectivity index (χ1n) is 25.4. The van der Waals surface area contributed by atoms with Gasteiger partial charge in [0.2, 0.25) is 0 Å². The molecule has 0 aliphatic heterocycles. The third-order valence-corrected chi connectivity index (χ3v) is 16.3. The molecule has 12 aromatic rings. The zero-order valence-corrected chi connectivity index (χ0v) is 40.6. The van der Waals surface area contributed by atoms with Gasteiger partial charge < -0.3 is 14.2 Å². The predicted molar refractivity (Wildman–Crippen MR) is 302 cm³/mol. The molecule has 0 N–H and O–H groups in total. The minimum Gasteiger partial charge on any atom is -0.454 e. The molecule has 0 saturated carbocycles. The third kappa shape index (κ3) is 5.88. The molecule has 0 radical (unpaired) electrons. The van der Waals surface area contributed by atoms with Crippen LogP contribution in [0.5, 0.6) is 0 Å². The molecular weight excluding hydrogens is 885 g/mol. The van der Waals surface area contributed by atoms with E-state index >= 15 is 0 Å². The van der Waals surface area contributed by atoms with E-state index in [9.17, 15) is 0 Å². The summed E-state index contributed by atoms with van der Waals surface area (Å²) in [5.41, 5.74) is 25.7. The molecule has 0 saturated heterocycles. The van der Waals surface area contributed by atoms with Crippen LogP contribution in [0.15, 0.2) is 259 Å². The van der Waals surface area contributed by atoms with Gasteiger partial charge in [-0.25, -0.2) is 0 Å². The molecule has 3 aliphatic rings. The van der Waals surface area contributed by atoms with Gasteiger partial charge in [0, 0.05) is 44.6 Å². The third-order valence-electron chi connectivity index (χ3n) is 16.3. The molecule has 344 valence electrons. The summed E-state index contributed by atoms with van der Waals surface area (Å²) in [4.78, 5) is 4.77. The van der Waals surface area contributed by atoms with Crippen LogP contribution in [0.4, 0.5) is 34.1 Å². The molecule has 15 rings (SSSR count). The van der Waals surface area contributed by atoms with Gasteiger partial charge in [-0.3, -0.25) is 0 Å². The highest BCUT2D eigenvalue weighted by Gasteiger charge is 2.53. The Hall–Kier alpha value is -9.18. The average molecular weight is 933 g/mol. The lowest BCUT2D eigenvalue weighted by Crippen LogP contribution is -2.26. The monoisotopic (exact) mass is 932 g/mol. The Bertz CT molecular complexity index is 4140. The number of hydrogen-bond acceptors (Lipinski definition) is 3. The van der Waals surface area contributed by atoms with E-state index in [2.05, 4.69) is 278 Å². The summed E-state index contributed by atoms with van der Waals surface area (Å²) in [7, 11) is 0. The number of anilines is 6. The minimum absolute atomic E-state index is 0.305. The molecule has 0 unspecified atom stereocenters. The van der Waals surface area contributed by atoms with Crippen molar-refractivity contribution in [2.45, 2.75) is 24.7 Å². The van der Waals surface area contributed by atoms with E-state index in [0.717, 1.165) is 56.1 Å². The van der Waals surface area contributed by atoms with Gasteiger partial charge in [0.05, 0.1) is 11.1 Å². The number of benzene rings is 11. The number of para-hydroxylation sites is 3. The molecule has 73 heavy (non-hydrogen) atoms. The van der Waals surface area contributed by atoms with E-state index in [-0.39, 0.29) is 5.41 Å². The summed E-state index contributed by atoms with van der Waals surface area (Å²) >= 11 is 0. The zero-order valence-electron chi connectivity index (χ0n) is 40.6. The Morgan fingerprint density at radius 3 is 1.55 bits per heavy atom. The lowest BCUT2D eigenvalue weighted by atomic mass is 9.70. The quantitative estimate of drug-likeness (QED) is 0.159. The van der Waals surface area contributed by atoms with E-state index in [1.165, 1.54) is 77.9 Å². The first-order valence-corrected chi connectivity index (χ1v) is 25.4. The lowest BCUT2D eigenvalue weighted by Gasteiger charge is -2.31. The van der Waals surface area contributed by atoms with Crippen LogP contribution in [0.1, 0.15) is 47.2 Å². The fraction of sp³-hybridized carbons (Fsp3) is 0.0571. The molecule has 0 atom stereocenters. The summed E-state index contributed by atoms with van der Waals surface area (Å²) in [6.45, 7) is 4.83. The van der Waals surface area contributed by atoms with Crippen molar-refractivity contribution in [3.63, 3.8) is 0 Å². The zero-order chi connectivity index (χ0) is 48.4. The van der Waals surface area contributed by atoms with Crippen LogP contribution < -0.4 is 9.80 Å². The first-order chi connectivity index (χ1) is 36.0. The first kappa shape index (κ1) is 41.6. The van der Waals surface area contributed by atoms with Crippen LogP contribution in [-0.4, -0.2) is 0 Å². The maximum Gasteiger partial charge on any atom is 0.159 e. The molecule has 3 nitrogen and oxygen atoms in total.